The molecule has 3 nitrogen and oxygen atoms in total. The van der Waals surface area contributed by atoms with Crippen molar-refractivity contribution in [3.05, 3.63) is 35.9 Å². The van der Waals surface area contributed by atoms with Gasteiger partial charge in [0, 0.05) is 18.5 Å². The Hall–Kier alpha value is -1.61. The van der Waals surface area contributed by atoms with Gasteiger partial charge in [-0.05, 0) is 29.5 Å². The average Bonchev–Trinajstić information content (AvgIpc) is 2.78. The molecule has 0 radical (unpaired) electrons. The van der Waals surface area contributed by atoms with Gasteiger partial charge in [0.05, 0.1) is 12.1 Å². The summed E-state index contributed by atoms with van der Waals surface area (Å²) in [5.74, 6) is 0.994. The zero-order chi connectivity index (χ0) is 13.5. The second-order valence-electron chi connectivity index (χ2n) is 6.15. The van der Waals surface area contributed by atoms with Gasteiger partial charge in [0.2, 0.25) is 0 Å². The number of rotatable bonds is 2. The van der Waals surface area contributed by atoms with E-state index in [1.807, 2.05) is 30.3 Å². The van der Waals surface area contributed by atoms with E-state index in [1.165, 1.54) is 6.42 Å². The molecule has 1 N–H and O–H groups in total. The van der Waals surface area contributed by atoms with Crippen LogP contribution in [0.5, 0.6) is 0 Å². The number of aliphatic hydroxyl groups excluding tert-OH is 1. The number of para-hydroxylation sites is 1. The molecule has 0 atom stereocenters. The summed E-state index contributed by atoms with van der Waals surface area (Å²) in [6, 6.07) is 10.0. The Labute approximate surface area is 113 Å². The zero-order valence-electron chi connectivity index (χ0n) is 11.6. The van der Waals surface area contributed by atoms with Crippen LogP contribution in [-0.2, 0) is 6.61 Å². The van der Waals surface area contributed by atoms with Gasteiger partial charge >= 0.3 is 0 Å². The lowest BCUT2D eigenvalue weighted by Gasteiger charge is -2.21. The van der Waals surface area contributed by atoms with Gasteiger partial charge in [0.1, 0.15) is 5.82 Å². The Kier molecular flexibility index (Phi) is 2.94. The lowest BCUT2D eigenvalue weighted by Crippen LogP contribution is -2.23. The smallest absolute Gasteiger partial charge is 0.129 e. The fourth-order valence-corrected chi connectivity index (χ4v) is 2.83. The molecule has 0 amide bonds. The third kappa shape index (κ3) is 2.30. The first-order valence-corrected chi connectivity index (χ1v) is 6.83. The van der Waals surface area contributed by atoms with Gasteiger partial charge in [-0.2, -0.15) is 0 Å². The molecule has 2 aromatic rings. The molecular weight excluding hydrogens is 236 g/mol. The number of hydrogen-bond acceptors (Lipinski definition) is 3. The second-order valence-corrected chi connectivity index (χ2v) is 6.15. The Morgan fingerprint density at radius 3 is 2.79 bits per heavy atom. The molecule has 3 heteroatoms. The number of fused-ring (bicyclic) bond motifs is 1. The van der Waals surface area contributed by atoms with E-state index < -0.39 is 0 Å². The summed E-state index contributed by atoms with van der Waals surface area (Å²) in [4.78, 5) is 7.07. The monoisotopic (exact) mass is 256 g/mol. The molecule has 0 aliphatic carbocycles. The van der Waals surface area contributed by atoms with Crippen LogP contribution in [0.1, 0.15) is 25.8 Å². The highest BCUT2D eigenvalue weighted by Crippen LogP contribution is 2.33. The molecule has 0 unspecified atom stereocenters. The minimum absolute atomic E-state index is 0.0628. The van der Waals surface area contributed by atoms with Crippen molar-refractivity contribution in [2.45, 2.75) is 26.9 Å². The lowest BCUT2D eigenvalue weighted by atomic mass is 9.93. The molecule has 1 aliphatic heterocycles. The zero-order valence-corrected chi connectivity index (χ0v) is 11.6. The summed E-state index contributed by atoms with van der Waals surface area (Å²) in [5.41, 5.74) is 2.28. The van der Waals surface area contributed by atoms with Crippen LogP contribution >= 0.6 is 0 Å². The van der Waals surface area contributed by atoms with Crippen LogP contribution in [0, 0.1) is 5.41 Å². The normalized spacial score (nSPS) is 18.2. The first kappa shape index (κ1) is 12.4. The fourth-order valence-electron chi connectivity index (χ4n) is 2.83. The first-order chi connectivity index (χ1) is 9.09. The summed E-state index contributed by atoms with van der Waals surface area (Å²) in [6.45, 7) is 6.72. The van der Waals surface area contributed by atoms with Crippen LogP contribution in [0.2, 0.25) is 0 Å². The summed E-state index contributed by atoms with van der Waals surface area (Å²) < 4.78 is 0. The first-order valence-electron chi connectivity index (χ1n) is 6.83. The van der Waals surface area contributed by atoms with Crippen LogP contribution < -0.4 is 4.90 Å². The molecule has 3 rings (SSSR count). The van der Waals surface area contributed by atoms with Crippen molar-refractivity contribution in [3.8, 4) is 0 Å². The molecule has 1 saturated heterocycles. The molecule has 100 valence electrons. The van der Waals surface area contributed by atoms with Crippen molar-refractivity contribution in [2.24, 2.45) is 5.41 Å². The molecule has 1 fully saturated rings. The summed E-state index contributed by atoms with van der Waals surface area (Å²) in [5, 5.41) is 10.6. The lowest BCUT2D eigenvalue weighted by molar-refractivity contribution is 0.283. The van der Waals surface area contributed by atoms with Gasteiger partial charge in [-0.3, -0.25) is 0 Å². The summed E-state index contributed by atoms with van der Waals surface area (Å²) in [6.07, 6.45) is 1.19. The van der Waals surface area contributed by atoms with Gasteiger partial charge in [0.25, 0.3) is 0 Å². The molecular formula is C16H20N2O. The molecule has 19 heavy (non-hydrogen) atoms. The Balaban J connectivity index is 2.05. The maximum atomic E-state index is 9.56. The summed E-state index contributed by atoms with van der Waals surface area (Å²) in [7, 11) is 0. The fraction of sp³-hybridized carbons (Fsp3) is 0.438. The van der Waals surface area contributed by atoms with E-state index in [-0.39, 0.29) is 6.61 Å². The maximum Gasteiger partial charge on any atom is 0.129 e. The quantitative estimate of drug-likeness (QED) is 0.897. The van der Waals surface area contributed by atoms with E-state index in [9.17, 15) is 5.11 Å². The van der Waals surface area contributed by atoms with Crippen molar-refractivity contribution >= 4 is 16.7 Å². The number of hydrogen-bond donors (Lipinski definition) is 1. The van der Waals surface area contributed by atoms with Crippen LogP contribution in [-0.4, -0.2) is 23.2 Å². The SMILES string of the molecule is CC1(C)CCN(c2cc(CO)c3ccccc3n2)C1. The van der Waals surface area contributed by atoms with Crippen molar-refractivity contribution in [1.29, 1.82) is 0 Å². The average molecular weight is 256 g/mol. The topological polar surface area (TPSA) is 36.4 Å². The predicted octanol–water partition coefficient (Wildman–Crippen LogP) is 2.96. The number of nitrogens with zero attached hydrogens (tertiary/aromatic N) is 2. The van der Waals surface area contributed by atoms with E-state index in [4.69, 9.17) is 4.98 Å². The van der Waals surface area contributed by atoms with Gasteiger partial charge in [-0.25, -0.2) is 4.98 Å². The largest absolute Gasteiger partial charge is 0.392 e. The van der Waals surface area contributed by atoms with Crippen molar-refractivity contribution in [3.63, 3.8) is 0 Å². The van der Waals surface area contributed by atoms with E-state index >= 15 is 0 Å². The molecule has 1 aromatic heterocycles. The number of anilines is 1. The van der Waals surface area contributed by atoms with E-state index in [0.29, 0.717) is 5.41 Å². The van der Waals surface area contributed by atoms with Crippen LogP contribution in [0.25, 0.3) is 10.9 Å². The van der Waals surface area contributed by atoms with Crippen LogP contribution in [0.4, 0.5) is 5.82 Å². The Morgan fingerprint density at radius 1 is 1.32 bits per heavy atom. The Bertz CT molecular complexity index is 607. The van der Waals surface area contributed by atoms with Crippen molar-refractivity contribution in [2.75, 3.05) is 18.0 Å². The highest BCUT2D eigenvalue weighted by molar-refractivity contribution is 5.84. The molecule has 1 aromatic carbocycles. The molecule has 0 saturated carbocycles. The number of benzene rings is 1. The van der Waals surface area contributed by atoms with Gasteiger partial charge < -0.3 is 10.0 Å². The highest BCUT2D eigenvalue weighted by Gasteiger charge is 2.30. The van der Waals surface area contributed by atoms with Crippen LogP contribution in [0.15, 0.2) is 30.3 Å². The van der Waals surface area contributed by atoms with Crippen molar-refractivity contribution < 1.29 is 5.11 Å². The Morgan fingerprint density at radius 2 is 2.11 bits per heavy atom. The summed E-state index contributed by atoms with van der Waals surface area (Å²) >= 11 is 0. The number of pyridine rings is 1. The third-order valence-corrected chi connectivity index (χ3v) is 3.96. The molecule has 0 spiro atoms. The third-order valence-electron chi connectivity index (χ3n) is 3.96. The van der Waals surface area contributed by atoms with E-state index in [1.54, 1.807) is 0 Å². The number of aromatic nitrogens is 1. The second kappa shape index (κ2) is 4.49. The minimum Gasteiger partial charge on any atom is -0.392 e. The predicted molar refractivity (Wildman–Crippen MR) is 78.3 cm³/mol. The standard InChI is InChI=1S/C16H20N2O/c1-16(2)7-8-18(11-16)15-9-12(10-19)13-5-3-4-6-14(13)17-15/h3-6,9,19H,7-8,10-11H2,1-2H3. The van der Waals surface area contributed by atoms with Crippen molar-refractivity contribution in [1.82, 2.24) is 4.98 Å². The molecule has 0 bridgehead atoms. The minimum atomic E-state index is 0.0628. The molecule has 1 aliphatic rings. The number of aliphatic hydroxyl groups is 1. The van der Waals surface area contributed by atoms with Gasteiger partial charge in [-0.15, -0.1) is 0 Å². The van der Waals surface area contributed by atoms with E-state index in [2.05, 4.69) is 18.7 Å². The molecule has 2 heterocycles. The maximum absolute atomic E-state index is 9.56. The van der Waals surface area contributed by atoms with Gasteiger partial charge in [0.15, 0.2) is 0 Å². The van der Waals surface area contributed by atoms with E-state index in [0.717, 1.165) is 35.4 Å². The van der Waals surface area contributed by atoms with Crippen LogP contribution in [0.3, 0.4) is 0 Å². The highest BCUT2D eigenvalue weighted by atomic mass is 16.3. The van der Waals surface area contributed by atoms with Gasteiger partial charge in [-0.1, -0.05) is 32.0 Å².